The number of anilines is 2. The van der Waals surface area contributed by atoms with E-state index in [9.17, 15) is 0 Å². The van der Waals surface area contributed by atoms with E-state index in [0.717, 1.165) is 22.5 Å². The molecule has 6 nitrogen and oxygen atoms in total. The molecule has 1 N–H and O–H groups in total. The number of methoxy groups -OCH3 is 1. The third-order valence-corrected chi connectivity index (χ3v) is 4.28. The third-order valence-electron chi connectivity index (χ3n) is 4.28. The minimum atomic E-state index is 0.426. The Balaban J connectivity index is 1.72. The van der Waals surface area contributed by atoms with Crippen molar-refractivity contribution in [2.45, 2.75) is 6.61 Å². The van der Waals surface area contributed by atoms with Crippen molar-refractivity contribution in [1.29, 1.82) is 0 Å². The number of hydrogen-bond acceptors (Lipinski definition) is 6. The summed E-state index contributed by atoms with van der Waals surface area (Å²) >= 11 is 0. The summed E-state index contributed by atoms with van der Waals surface area (Å²) in [4.78, 5) is 8.97. The van der Waals surface area contributed by atoms with Crippen molar-refractivity contribution in [2.75, 3.05) is 25.6 Å². The van der Waals surface area contributed by atoms with Crippen LogP contribution in [0.2, 0.25) is 0 Å². The molecule has 6 bridgehead atoms. The Bertz CT molecular complexity index is 988. The lowest BCUT2D eigenvalue weighted by Crippen LogP contribution is -1.99. The van der Waals surface area contributed by atoms with E-state index in [0.29, 0.717) is 37.3 Å². The van der Waals surface area contributed by atoms with E-state index in [4.69, 9.17) is 14.2 Å². The molecule has 1 aliphatic rings. The predicted molar refractivity (Wildman–Crippen MR) is 108 cm³/mol. The minimum absolute atomic E-state index is 0.426. The van der Waals surface area contributed by atoms with Gasteiger partial charge in [-0.1, -0.05) is 18.2 Å². The molecule has 0 saturated heterocycles. The first kappa shape index (κ1) is 18.0. The summed E-state index contributed by atoms with van der Waals surface area (Å²) in [7, 11) is 1.63. The Morgan fingerprint density at radius 1 is 1.04 bits per heavy atom. The molecule has 3 aromatic rings. The summed E-state index contributed by atoms with van der Waals surface area (Å²) in [6.45, 7) is 1.47. The van der Waals surface area contributed by atoms with Gasteiger partial charge in [0, 0.05) is 17.4 Å². The van der Waals surface area contributed by atoms with Crippen LogP contribution >= 0.6 is 0 Å². The Morgan fingerprint density at radius 3 is 2.89 bits per heavy atom. The zero-order valence-electron chi connectivity index (χ0n) is 15.6. The van der Waals surface area contributed by atoms with E-state index >= 15 is 0 Å². The number of nitrogens with zero attached hydrogens (tertiary/aromatic N) is 2. The molecule has 0 unspecified atom stereocenters. The van der Waals surface area contributed by atoms with Gasteiger partial charge in [-0.2, -0.15) is 0 Å². The second-order valence-corrected chi connectivity index (χ2v) is 6.25. The maximum atomic E-state index is 5.88. The molecule has 0 aliphatic carbocycles. The van der Waals surface area contributed by atoms with E-state index in [1.807, 2.05) is 60.7 Å². The van der Waals surface area contributed by atoms with Gasteiger partial charge in [-0.3, -0.25) is 0 Å². The second kappa shape index (κ2) is 8.54. The highest BCUT2D eigenvalue weighted by molar-refractivity contribution is 5.65. The summed E-state index contributed by atoms with van der Waals surface area (Å²) in [5.74, 6) is 1.87. The molecule has 1 aliphatic heterocycles. The number of rotatable bonds is 1. The molecule has 28 heavy (non-hydrogen) atoms. The zero-order chi connectivity index (χ0) is 19.2. The van der Waals surface area contributed by atoms with Gasteiger partial charge in [-0.15, -0.1) is 0 Å². The lowest BCUT2D eigenvalue weighted by atomic mass is 10.1. The monoisotopic (exact) mass is 375 g/mol. The molecule has 0 fully saturated rings. The Hall–Kier alpha value is -3.38. The molecular weight excluding hydrogens is 354 g/mol. The molecule has 0 saturated carbocycles. The van der Waals surface area contributed by atoms with Gasteiger partial charge in [0.2, 0.25) is 5.95 Å². The summed E-state index contributed by atoms with van der Waals surface area (Å²) in [5, 5.41) is 3.26. The summed E-state index contributed by atoms with van der Waals surface area (Å²) < 4.78 is 17.0. The first-order valence-corrected chi connectivity index (χ1v) is 9.05. The normalized spacial score (nSPS) is 13.8. The number of aromatic nitrogens is 2. The molecule has 4 rings (SSSR count). The average molecular weight is 375 g/mol. The Morgan fingerprint density at radius 2 is 1.96 bits per heavy atom. The van der Waals surface area contributed by atoms with Crippen molar-refractivity contribution >= 4 is 11.6 Å². The molecule has 1 aromatic heterocycles. The van der Waals surface area contributed by atoms with Gasteiger partial charge in [0.25, 0.3) is 0 Å². The third kappa shape index (κ3) is 4.29. The highest BCUT2D eigenvalue weighted by Crippen LogP contribution is 2.32. The summed E-state index contributed by atoms with van der Waals surface area (Å²) in [6, 6.07) is 15.7. The SMILES string of the molecule is COc1ccc2cc1OCC=CCOCc1cccc(c1)Nc1nccc-2n1. The average Bonchev–Trinajstić information content (AvgIpc) is 2.73. The molecule has 2 aromatic carbocycles. The van der Waals surface area contributed by atoms with Gasteiger partial charge >= 0.3 is 0 Å². The second-order valence-electron chi connectivity index (χ2n) is 6.25. The molecule has 142 valence electrons. The lowest BCUT2D eigenvalue weighted by Gasteiger charge is -2.12. The molecule has 2 heterocycles. The van der Waals surface area contributed by atoms with Crippen LogP contribution in [0.1, 0.15) is 5.56 Å². The van der Waals surface area contributed by atoms with Gasteiger partial charge in [0.15, 0.2) is 11.5 Å². The minimum Gasteiger partial charge on any atom is -0.493 e. The molecular formula is C22H21N3O3. The summed E-state index contributed by atoms with van der Waals surface area (Å²) in [6.07, 6.45) is 5.62. The fourth-order valence-electron chi connectivity index (χ4n) is 2.92. The van der Waals surface area contributed by atoms with Gasteiger partial charge in [-0.05, 0) is 48.0 Å². The molecule has 0 radical (unpaired) electrons. The molecule has 6 heteroatoms. The van der Waals surface area contributed by atoms with Crippen molar-refractivity contribution in [3.63, 3.8) is 0 Å². The van der Waals surface area contributed by atoms with Crippen LogP contribution in [-0.4, -0.2) is 30.3 Å². The largest absolute Gasteiger partial charge is 0.493 e. The maximum Gasteiger partial charge on any atom is 0.227 e. The van der Waals surface area contributed by atoms with Crippen LogP contribution in [-0.2, 0) is 11.3 Å². The van der Waals surface area contributed by atoms with E-state index in [-0.39, 0.29) is 0 Å². The van der Waals surface area contributed by atoms with Crippen molar-refractivity contribution in [3.05, 3.63) is 72.4 Å². The van der Waals surface area contributed by atoms with Crippen molar-refractivity contribution in [1.82, 2.24) is 9.97 Å². The molecule has 0 atom stereocenters. The van der Waals surface area contributed by atoms with Crippen molar-refractivity contribution in [2.24, 2.45) is 0 Å². The first-order chi connectivity index (χ1) is 13.8. The van der Waals surface area contributed by atoms with Crippen LogP contribution in [0.4, 0.5) is 11.6 Å². The Labute approximate surface area is 163 Å². The number of nitrogens with one attached hydrogen (secondary N) is 1. The van der Waals surface area contributed by atoms with E-state index in [2.05, 4.69) is 15.3 Å². The van der Waals surface area contributed by atoms with Gasteiger partial charge < -0.3 is 19.5 Å². The van der Waals surface area contributed by atoms with Crippen LogP contribution in [0.15, 0.2) is 66.9 Å². The van der Waals surface area contributed by atoms with Crippen molar-refractivity contribution < 1.29 is 14.2 Å². The number of ether oxygens (including phenoxy) is 3. The van der Waals surface area contributed by atoms with Crippen LogP contribution < -0.4 is 14.8 Å². The molecule has 0 spiro atoms. The van der Waals surface area contributed by atoms with E-state index in [1.54, 1.807) is 13.3 Å². The van der Waals surface area contributed by atoms with E-state index in [1.165, 1.54) is 0 Å². The van der Waals surface area contributed by atoms with Gasteiger partial charge in [-0.25, -0.2) is 9.97 Å². The quantitative estimate of drug-likeness (QED) is 0.638. The van der Waals surface area contributed by atoms with Gasteiger partial charge in [0.1, 0.15) is 6.61 Å². The fourth-order valence-corrected chi connectivity index (χ4v) is 2.92. The van der Waals surface area contributed by atoms with Gasteiger partial charge in [0.05, 0.1) is 26.0 Å². The smallest absolute Gasteiger partial charge is 0.227 e. The summed E-state index contributed by atoms with van der Waals surface area (Å²) in [5.41, 5.74) is 3.71. The van der Waals surface area contributed by atoms with Crippen LogP contribution in [0.3, 0.4) is 0 Å². The molecule has 0 amide bonds. The van der Waals surface area contributed by atoms with Crippen molar-refractivity contribution in [3.8, 4) is 22.8 Å². The number of benzene rings is 2. The van der Waals surface area contributed by atoms with Crippen LogP contribution in [0, 0.1) is 0 Å². The number of hydrogen-bond donors (Lipinski definition) is 1. The zero-order valence-corrected chi connectivity index (χ0v) is 15.6. The van der Waals surface area contributed by atoms with E-state index < -0.39 is 0 Å². The topological polar surface area (TPSA) is 65.5 Å². The fraction of sp³-hybridized carbons (Fsp3) is 0.182. The van der Waals surface area contributed by atoms with Crippen LogP contribution in [0.5, 0.6) is 11.5 Å². The Kier molecular flexibility index (Phi) is 5.49. The standard InChI is InChI=1S/C22H21N3O3/c1-26-20-8-7-17-14-21(20)28-12-3-2-11-27-15-16-5-4-6-18(13-16)24-22-23-10-9-19(17)25-22/h2-10,13-14H,11-12,15H2,1H3,(H,23,24,25). The predicted octanol–water partition coefficient (Wildman–Crippen LogP) is 4.36. The number of fused-ring (bicyclic) bond motifs is 7. The van der Waals surface area contributed by atoms with Crippen LogP contribution in [0.25, 0.3) is 11.3 Å². The lowest BCUT2D eigenvalue weighted by molar-refractivity contribution is 0.148. The first-order valence-electron chi connectivity index (χ1n) is 9.05. The highest BCUT2D eigenvalue weighted by atomic mass is 16.5. The maximum absolute atomic E-state index is 5.88. The highest BCUT2D eigenvalue weighted by Gasteiger charge is 2.09.